The van der Waals surface area contributed by atoms with Gasteiger partial charge in [0.25, 0.3) is 0 Å². The molecule has 0 amide bonds. The molecule has 1 aromatic rings. The zero-order valence-corrected chi connectivity index (χ0v) is 12.7. The summed E-state index contributed by atoms with van der Waals surface area (Å²) in [5, 5.41) is 3.58. The molecule has 18 heavy (non-hydrogen) atoms. The van der Waals surface area contributed by atoms with E-state index in [2.05, 4.69) is 63.0 Å². The SMILES string of the molecule is CCCC(C)Cn1ccc(C(NCC)C(C)C)c1. The number of rotatable bonds is 8. The van der Waals surface area contributed by atoms with Gasteiger partial charge in [-0.3, -0.25) is 0 Å². The molecule has 104 valence electrons. The van der Waals surface area contributed by atoms with Crippen LogP contribution in [-0.4, -0.2) is 11.1 Å². The van der Waals surface area contributed by atoms with Gasteiger partial charge in [-0.2, -0.15) is 0 Å². The van der Waals surface area contributed by atoms with Gasteiger partial charge in [0.2, 0.25) is 0 Å². The molecule has 2 unspecified atom stereocenters. The molecular weight excluding hydrogens is 220 g/mol. The lowest BCUT2D eigenvalue weighted by atomic mass is 9.98. The Morgan fingerprint density at radius 3 is 2.50 bits per heavy atom. The Kier molecular flexibility index (Phi) is 6.48. The van der Waals surface area contributed by atoms with Crippen LogP contribution in [0.3, 0.4) is 0 Å². The highest BCUT2D eigenvalue weighted by Gasteiger charge is 2.15. The third-order valence-electron chi connectivity index (χ3n) is 3.53. The van der Waals surface area contributed by atoms with E-state index >= 15 is 0 Å². The summed E-state index contributed by atoms with van der Waals surface area (Å²) in [5.41, 5.74) is 1.43. The van der Waals surface area contributed by atoms with Gasteiger partial charge in [-0.15, -0.1) is 0 Å². The van der Waals surface area contributed by atoms with Crippen LogP contribution in [0.2, 0.25) is 0 Å². The summed E-state index contributed by atoms with van der Waals surface area (Å²) in [7, 11) is 0. The molecule has 0 saturated carbocycles. The number of hydrogen-bond acceptors (Lipinski definition) is 1. The summed E-state index contributed by atoms with van der Waals surface area (Å²) < 4.78 is 2.35. The van der Waals surface area contributed by atoms with Crippen LogP contribution in [0.5, 0.6) is 0 Å². The molecule has 1 N–H and O–H groups in total. The highest BCUT2D eigenvalue weighted by molar-refractivity contribution is 5.16. The summed E-state index contributed by atoms with van der Waals surface area (Å²) in [5.74, 6) is 1.40. The first kappa shape index (κ1) is 15.3. The maximum atomic E-state index is 3.58. The van der Waals surface area contributed by atoms with Crippen molar-refractivity contribution in [2.75, 3.05) is 6.54 Å². The van der Waals surface area contributed by atoms with Crippen LogP contribution in [0.25, 0.3) is 0 Å². The lowest BCUT2D eigenvalue weighted by Crippen LogP contribution is -2.25. The van der Waals surface area contributed by atoms with Gasteiger partial charge in [0.05, 0.1) is 0 Å². The first-order valence-corrected chi connectivity index (χ1v) is 7.47. The average Bonchev–Trinajstić information content (AvgIpc) is 2.73. The Labute approximate surface area is 113 Å². The summed E-state index contributed by atoms with van der Waals surface area (Å²) in [6.07, 6.45) is 7.14. The van der Waals surface area contributed by atoms with Crippen molar-refractivity contribution >= 4 is 0 Å². The van der Waals surface area contributed by atoms with Gasteiger partial charge < -0.3 is 9.88 Å². The van der Waals surface area contributed by atoms with Crippen molar-refractivity contribution in [3.63, 3.8) is 0 Å². The molecule has 0 fully saturated rings. The van der Waals surface area contributed by atoms with Gasteiger partial charge in [0.15, 0.2) is 0 Å². The number of nitrogens with zero attached hydrogens (tertiary/aromatic N) is 1. The van der Waals surface area contributed by atoms with Gasteiger partial charge in [0.1, 0.15) is 0 Å². The lowest BCUT2D eigenvalue weighted by molar-refractivity contribution is 0.417. The molecule has 0 aromatic carbocycles. The maximum absolute atomic E-state index is 3.58. The molecule has 0 aliphatic carbocycles. The third-order valence-corrected chi connectivity index (χ3v) is 3.53. The van der Waals surface area contributed by atoms with E-state index in [9.17, 15) is 0 Å². The van der Waals surface area contributed by atoms with Crippen molar-refractivity contribution < 1.29 is 0 Å². The van der Waals surface area contributed by atoms with Crippen LogP contribution in [0.15, 0.2) is 18.5 Å². The van der Waals surface area contributed by atoms with Crippen LogP contribution in [-0.2, 0) is 6.54 Å². The normalized spacial score (nSPS) is 15.0. The zero-order valence-electron chi connectivity index (χ0n) is 12.7. The molecule has 1 heterocycles. The van der Waals surface area contributed by atoms with Crippen LogP contribution < -0.4 is 5.32 Å². The van der Waals surface area contributed by atoms with E-state index in [1.165, 1.54) is 18.4 Å². The van der Waals surface area contributed by atoms with E-state index in [-0.39, 0.29) is 0 Å². The minimum absolute atomic E-state index is 0.484. The van der Waals surface area contributed by atoms with Crippen LogP contribution >= 0.6 is 0 Å². The summed E-state index contributed by atoms with van der Waals surface area (Å²) >= 11 is 0. The topological polar surface area (TPSA) is 17.0 Å². The molecule has 2 atom stereocenters. The highest BCUT2D eigenvalue weighted by atomic mass is 15.0. The van der Waals surface area contributed by atoms with Crippen molar-refractivity contribution in [1.29, 1.82) is 0 Å². The second-order valence-corrected chi connectivity index (χ2v) is 5.81. The fourth-order valence-electron chi connectivity index (χ4n) is 2.66. The number of hydrogen-bond donors (Lipinski definition) is 1. The average molecular weight is 250 g/mol. The van der Waals surface area contributed by atoms with Crippen LogP contribution in [0, 0.1) is 11.8 Å². The standard InChI is InChI=1S/C16H30N2/c1-6-8-14(5)11-18-10-9-15(12-18)16(13(3)4)17-7-2/h9-10,12-14,16-17H,6-8,11H2,1-5H3. The molecule has 2 nitrogen and oxygen atoms in total. The zero-order chi connectivity index (χ0) is 13.5. The summed E-state index contributed by atoms with van der Waals surface area (Å²) in [6.45, 7) is 13.5. The van der Waals surface area contributed by atoms with Crippen molar-refractivity contribution in [2.45, 2.75) is 60.0 Å². The quantitative estimate of drug-likeness (QED) is 0.730. The first-order chi connectivity index (χ1) is 8.58. The molecule has 0 aliphatic heterocycles. The van der Waals surface area contributed by atoms with E-state index < -0.39 is 0 Å². The molecule has 0 radical (unpaired) electrons. The Hall–Kier alpha value is -0.760. The van der Waals surface area contributed by atoms with Gasteiger partial charge in [-0.05, 0) is 36.4 Å². The molecule has 1 rings (SSSR count). The largest absolute Gasteiger partial charge is 0.354 e. The van der Waals surface area contributed by atoms with E-state index in [1.807, 2.05) is 0 Å². The van der Waals surface area contributed by atoms with Crippen molar-refractivity contribution in [1.82, 2.24) is 9.88 Å². The Balaban J connectivity index is 2.65. The monoisotopic (exact) mass is 250 g/mol. The van der Waals surface area contributed by atoms with Crippen molar-refractivity contribution in [3.8, 4) is 0 Å². The van der Waals surface area contributed by atoms with Crippen LogP contribution in [0.1, 0.15) is 59.1 Å². The van der Waals surface area contributed by atoms with E-state index in [1.54, 1.807) is 0 Å². The van der Waals surface area contributed by atoms with Gasteiger partial charge in [0, 0.05) is 25.0 Å². The predicted octanol–water partition coefficient (Wildman–Crippen LogP) is 4.23. The molecule has 0 spiro atoms. The molecule has 0 saturated heterocycles. The molecule has 0 aliphatic rings. The highest BCUT2D eigenvalue weighted by Crippen LogP contribution is 2.22. The minimum Gasteiger partial charge on any atom is -0.354 e. The van der Waals surface area contributed by atoms with Gasteiger partial charge in [-0.1, -0.05) is 41.0 Å². The van der Waals surface area contributed by atoms with E-state index in [0.717, 1.165) is 19.0 Å². The van der Waals surface area contributed by atoms with Gasteiger partial charge in [-0.25, -0.2) is 0 Å². The summed E-state index contributed by atoms with van der Waals surface area (Å²) in [4.78, 5) is 0. The maximum Gasteiger partial charge on any atom is 0.0358 e. The smallest absolute Gasteiger partial charge is 0.0358 e. The number of nitrogens with one attached hydrogen (secondary N) is 1. The molecule has 1 aromatic heterocycles. The van der Waals surface area contributed by atoms with Gasteiger partial charge >= 0.3 is 0 Å². The minimum atomic E-state index is 0.484. The number of aromatic nitrogens is 1. The van der Waals surface area contributed by atoms with Crippen LogP contribution in [0.4, 0.5) is 0 Å². The molecular formula is C16H30N2. The predicted molar refractivity (Wildman–Crippen MR) is 79.8 cm³/mol. The van der Waals surface area contributed by atoms with Crippen molar-refractivity contribution in [2.24, 2.45) is 11.8 Å². The summed E-state index contributed by atoms with van der Waals surface area (Å²) in [6, 6.07) is 2.75. The second-order valence-electron chi connectivity index (χ2n) is 5.81. The van der Waals surface area contributed by atoms with E-state index in [4.69, 9.17) is 0 Å². The first-order valence-electron chi connectivity index (χ1n) is 7.47. The Morgan fingerprint density at radius 1 is 1.22 bits per heavy atom. The fourth-order valence-corrected chi connectivity index (χ4v) is 2.66. The second kappa shape index (κ2) is 7.63. The Bertz CT molecular complexity index is 328. The van der Waals surface area contributed by atoms with E-state index in [0.29, 0.717) is 12.0 Å². The molecule has 2 heteroatoms. The Morgan fingerprint density at radius 2 is 1.94 bits per heavy atom. The lowest BCUT2D eigenvalue weighted by Gasteiger charge is -2.20. The van der Waals surface area contributed by atoms with Crippen molar-refractivity contribution in [3.05, 3.63) is 24.0 Å². The molecule has 0 bridgehead atoms. The fraction of sp³-hybridized carbons (Fsp3) is 0.750. The third kappa shape index (κ3) is 4.49.